The summed E-state index contributed by atoms with van der Waals surface area (Å²) in [5.74, 6) is 0.279. The van der Waals surface area contributed by atoms with Gasteiger partial charge in [-0.3, -0.25) is 4.79 Å². The van der Waals surface area contributed by atoms with E-state index >= 15 is 0 Å². The predicted molar refractivity (Wildman–Crippen MR) is 93.3 cm³/mol. The average Bonchev–Trinajstić information content (AvgIpc) is 2.52. The molecule has 0 radical (unpaired) electrons. The molecule has 1 atom stereocenters. The zero-order valence-electron chi connectivity index (χ0n) is 13.8. The largest absolute Gasteiger partial charge is 0.326 e. The Kier molecular flexibility index (Phi) is 8.83. The molecule has 6 nitrogen and oxygen atoms in total. The second-order valence-corrected chi connectivity index (χ2v) is 7.56. The number of hydrazine groups is 1. The summed E-state index contributed by atoms with van der Waals surface area (Å²) in [7, 11) is -3.25. The van der Waals surface area contributed by atoms with Crippen LogP contribution in [0.4, 0.5) is 5.69 Å². The normalized spacial score (nSPS) is 12.8. The lowest BCUT2D eigenvalue weighted by atomic mass is 10.1. The van der Waals surface area contributed by atoms with Crippen LogP contribution in [0.1, 0.15) is 39.5 Å². The quantitative estimate of drug-likeness (QED) is 0.539. The van der Waals surface area contributed by atoms with Gasteiger partial charge in [-0.2, -0.15) is 4.83 Å². The molecule has 1 aromatic carbocycles. The fourth-order valence-electron chi connectivity index (χ4n) is 1.94. The Morgan fingerprint density at radius 1 is 1.22 bits per heavy atom. The predicted octanol–water partition coefficient (Wildman–Crippen LogP) is 2.27. The van der Waals surface area contributed by atoms with Crippen molar-refractivity contribution in [3.8, 4) is 0 Å². The highest BCUT2D eigenvalue weighted by Gasteiger charge is 2.10. The molecule has 1 aromatic rings. The van der Waals surface area contributed by atoms with Crippen molar-refractivity contribution in [2.45, 2.75) is 39.5 Å². The number of para-hydroxylation sites is 1. The van der Waals surface area contributed by atoms with E-state index in [1.54, 1.807) is 0 Å². The Balaban J connectivity index is 2.19. The lowest BCUT2D eigenvalue weighted by Crippen LogP contribution is -2.41. The van der Waals surface area contributed by atoms with Crippen LogP contribution < -0.4 is 15.6 Å². The summed E-state index contributed by atoms with van der Waals surface area (Å²) in [6.45, 7) is 4.42. The molecule has 0 aliphatic heterocycles. The Morgan fingerprint density at radius 3 is 2.57 bits per heavy atom. The van der Waals surface area contributed by atoms with E-state index in [1.165, 1.54) is 0 Å². The van der Waals surface area contributed by atoms with E-state index in [0.29, 0.717) is 25.8 Å². The first-order valence-corrected chi connectivity index (χ1v) is 9.65. The van der Waals surface area contributed by atoms with E-state index in [4.69, 9.17) is 0 Å². The smallest absolute Gasteiger partial charge is 0.224 e. The third-order valence-electron chi connectivity index (χ3n) is 3.37. The topological polar surface area (TPSA) is 87.3 Å². The molecule has 0 fully saturated rings. The van der Waals surface area contributed by atoms with Crippen molar-refractivity contribution in [3.05, 3.63) is 30.3 Å². The third-order valence-corrected chi connectivity index (χ3v) is 4.65. The van der Waals surface area contributed by atoms with E-state index in [0.717, 1.165) is 12.1 Å². The molecule has 3 N–H and O–H groups in total. The van der Waals surface area contributed by atoms with E-state index < -0.39 is 10.0 Å². The highest BCUT2D eigenvalue weighted by molar-refractivity contribution is 7.89. The van der Waals surface area contributed by atoms with E-state index in [2.05, 4.69) is 15.6 Å². The number of benzene rings is 1. The summed E-state index contributed by atoms with van der Waals surface area (Å²) in [5, 5.41) is 2.83. The van der Waals surface area contributed by atoms with Gasteiger partial charge >= 0.3 is 0 Å². The highest BCUT2D eigenvalue weighted by atomic mass is 32.2. The van der Waals surface area contributed by atoms with Crippen LogP contribution in [-0.2, 0) is 14.8 Å². The van der Waals surface area contributed by atoms with Crippen LogP contribution in [-0.4, -0.2) is 26.6 Å². The first kappa shape index (κ1) is 19.6. The molecule has 0 aliphatic carbocycles. The van der Waals surface area contributed by atoms with Gasteiger partial charge in [-0.15, -0.1) is 0 Å². The molecule has 0 bridgehead atoms. The average molecular weight is 341 g/mol. The highest BCUT2D eigenvalue weighted by Crippen LogP contribution is 2.09. The molecule has 0 aliphatic rings. The molecule has 0 spiro atoms. The monoisotopic (exact) mass is 341 g/mol. The molecule has 130 valence electrons. The van der Waals surface area contributed by atoms with Gasteiger partial charge in [0.25, 0.3) is 0 Å². The molecular weight excluding hydrogens is 314 g/mol. The number of carbonyl (C=O) groups is 1. The van der Waals surface area contributed by atoms with Gasteiger partial charge in [-0.25, -0.2) is 13.8 Å². The lowest BCUT2D eigenvalue weighted by Gasteiger charge is -2.13. The first-order chi connectivity index (χ1) is 10.9. The van der Waals surface area contributed by atoms with Crippen molar-refractivity contribution in [1.29, 1.82) is 0 Å². The van der Waals surface area contributed by atoms with Crippen LogP contribution in [0.2, 0.25) is 0 Å². The molecule has 7 heteroatoms. The van der Waals surface area contributed by atoms with Gasteiger partial charge in [0.1, 0.15) is 0 Å². The second kappa shape index (κ2) is 10.4. The van der Waals surface area contributed by atoms with Crippen molar-refractivity contribution in [2.24, 2.45) is 5.92 Å². The molecule has 0 heterocycles. The molecule has 1 unspecified atom stereocenters. The summed E-state index contributed by atoms with van der Waals surface area (Å²) in [5.41, 5.74) is 3.52. The van der Waals surface area contributed by atoms with Crippen LogP contribution >= 0.6 is 0 Å². The summed E-state index contributed by atoms with van der Waals surface area (Å²) >= 11 is 0. The molecule has 23 heavy (non-hydrogen) atoms. The summed E-state index contributed by atoms with van der Waals surface area (Å²) in [4.78, 5) is 14.2. The van der Waals surface area contributed by atoms with Gasteiger partial charge in [0.15, 0.2) is 0 Å². The maximum atomic E-state index is 11.8. The molecule has 0 aromatic heterocycles. The number of hydrogen-bond donors (Lipinski definition) is 3. The van der Waals surface area contributed by atoms with Gasteiger partial charge in [0, 0.05) is 18.7 Å². The minimum Gasteiger partial charge on any atom is -0.326 e. The molecule has 0 saturated carbocycles. The molecule has 0 saturated heterocycles. The maximum Gasteiger partial charge on any atom is 0.224 e. The van der Waals surface area contributed by atoms with Crippen molar-refractivity contribution >= 4 is 21.6 Å². The Hall–Kier alpha value is -1.44. The number of rotatable bonds is 11. The van der Waals surface area contributed by atoms with Gasteiger partial charge in [0.2, 0.25) is 15.9 Å². The van der Waals surface area contributed by atoms with Crippen LogP contribution in [0.25, 0.3) is 0 Å². The zero-order valence-corrected chi connectivity index (χ0v) is 14.7. The van der Waals surface area contributed by atoms with Crippen LogP contribution in [0.15, 0.2) is 30.3 Å². The number of nitrogens with one attached hydrogen (secondary N) is 3. The van der Waals surface area contributed by atoms with E-state index in [1.807, 2.05) is 44.2 Å². The number of hydrogen-bond acceptors (Lipinski definition) is 4. The number of unbranched alkanes of at least 4 members (excludes halogenated alkanes) is 1. The van der Waals surface area contributed by atoms with Gasteiger partial charge in [0.05, 0.1) is 5.75 Å². The standard InChI is InChI=1S/C16H27N3O3S/c1-3-4-12-23(21,22)19-17-13-14(2)10-11-16(20)18-15-8-6-5-7-9-15/h5-9,14,17,19H,3-4,10-13H2,1-2H3,(H,18,20). The van der Waals surface area contributed by atoms with E-state index in [-0.39, 0.29) is 17.6 Å². The first-order valence-electron chi connectivity index (χ1n) is 8.00. The molecule has 1 rings (SSSR count). The minimum atomic E-state index is -3.25. The maximum absolute atomic E-state index is 11.8. The summed E-state index contributed by atoms with van der Waals surface area (Å²) in [6, 6.07) is 9.31. The second-order valence-electron chi connectivity index (χ2n) is 5.71. The Morgan fingerprint density at radius 2 is 1.91 bits per heavy atom. The molecular formula is C16H27N3O3S. The van der Waals surface area contributed by atoms with Crippen molar-refractivity contribution in [2.75, 3.05) is 17.6 Å². The van der Waals surface area contributed by atoms with Crippen molar-refractivity contribution < 1.29 is 13.2 Å². The van der Waals surface area contributed by atoms with Crippen molar-refractivity contribution in [1.82, 2.24) is 10.3 Å². The number of carbonyl (C=O) groups excluding carboxylic acids is 1. The van der Waals surface area contributed by atoms with Crippen LogP contribution in [0.3, 0.4) is 0 Å². The zero-order chi connectivity index (χ0) is 17.1. The Bertz CT molecular complexity index is 561. The number of anilines is 1. The number of sulfonamides is 1. The summed E-state index contributed by atoms with van der Waals surface area (Å²) < 4.78 is 23.2. The lowest BCUT2D eigenvalue weighted by molar-refractivity contribution is -0.116. The van der Waals surface area contributed by atoms with Crippen LogP contribution in [0.5, 0.6) is 0 Å². The van der Waals surface area contributed by atoms with Gasteiger partial charge in [-0.05, 0) is 30.9 Å². The Labute approximate surface area is 139 Å². The number of amides is 1. The molecule has 1 amide bonds. The van der Waals surface area contributed by atoms with Crippen LogP contribution in [0, 0.1) is 5.92 Å². The van der Waals surface area contributed by atoms with Gasteiger partial charge in [-0.1, -0.05) is 38.5 Å². The van der Waals surface area contributed by atoms with E-state index in [9.17, 15) is 13.2 Å². The third kappa shape index (κ3) is 9.32. The van der Waals surface area contributed by atoms with Gasteiger partial charge < -0.3 is 5.32 Å². The fourth-order valence-corrected chi connectivity index (χ4v) is 3.01. The summed E-state index contributed by atoms with van der Waals surface area (Å²) in [6.07, 6.45) is 2.57. The van der Waals surface area contributed by atoms with Crippen molar-refractivity contribution in [3.63, 3.8) is 0 Å². The fraction of sp³-hybridized carbons (Fsp3) is 0.562. The minimum absolute atomic E-state index is 0.0356. The SMILES string of the molecule is CCCCS(=O)(=O)NNCC(C)CCC(=O)Nc1ccccc1.